The Hall–Kier alpha value is -2.84. The second kappa shape index (κ2) is 6.40. The molecule has 0 spiro atoms. The van der Waals surface area contributed by atoms with Crippen LogP contribution in [0, 0.1) is 6.92 Å². The quantitative estimate of drug-likeness (QED) is 0.740. The lowest BCUT2D eigenvalue weighted by atomic mass is 9.89. The Bertz CT molecular complexity index is 960. The van der Waals surface area contributed by atoms with Crippen molar-refractivity contribution in [3.8, 4) is 5.75 Å². The zero-order chi connectivity index (χ0) is 19.2. The van der Waals surface area contributed by atoms with E-state index >= 15 is 0 Å². The van der Waals surface area contributed by atoms with E-state index in [9.17, 15) is 18.3 Å². The Labute approximate surface area is 153 Å². The lowest BCUT2D eigenvalue weighted by Crippen LogP contribution is -2.34. The van der Waals surface area contributed by atoms with Gasteiger partial charge in [-0.2, -0.15) is 22.7 Å². The van der Waals surface area contributed by atoms with E-state index in [0.29, 0.717) is 30.5 Å². The zero-order valence-electron chi connectivity index (χ0n) is 14.6. The minimum atomic E-state index is -4.61. The summed E-state index contributed by atoms with van der Waals surface area (Å²) in [5.74, 6) is -0.0669. The van der Waals surface area contributed by atoms with Crippen LogP contribution in [0.4, 0.5) is 19.0 Å². The molecule has 1 saturated heterocycles. The van der Waals surface area contributed by atoms with Crippen molar-refractivity contribution >= 4 is 11.6 Å². The molecule has 6 nitrogen and oxygen atoms in total. The molecule has 1 N–H and O–H groups in total. The molecule has 0 saturated carbocycles. The summed E-state index contributed by atoms with van der Waals surface area (Å²) in [5, 5.41) is 13.1. The van der Waals surface area contributed by atoms with Crippen molar-refractivity contribution < 1.29 is 18.3 Å². The van der Waals surface area contributed by atoms with Crippen LogP contribution in [0.1, 0.15) is 35.8 Å². The van der Waals surface area contributed by atoms with Crippen molar-refractivity contribution in [3.05, 3.63) is 47.4 Å². The van der Waals surface area contributed by atoms with Gasteiger partial charge in [-0.1, -0.05) is 12.1 Å². The monoisotopic (exact) mass is 377 g/mol. The van der Waals surface area contributed by atoms with E-state index in [1.165, 1.54) is 4.52 Å². The SMILES string of the molecule is Cc1cc(N2CCC(c3ccc(O)cc3)CC2)n2nc(C(F)(F)F)nc2n1. The predicted octanol–water partition coefficient (Wildman–Crippen LogP) is 3.54. The molecule has 0 radical (unpaired) electrons. The minimum absolute atomic E-state index is 0.0435. The molecule has 1 fully saturated rings. The summed E-state index contributed by atoms with van der Waals surface area (Å²) in [6, 6.07) is 8.91. The lowest BCUT2D eigenvalue weighted by molar-refractivity contribution is -0.144. The second-order valence-corrected chi connectivity index (χ2v) is 6.75. The molecule has 2 aromatic heterocycles. The molecule has 142 valence electrons. The van der Waals surface area contributed by atoms with E-state index in [0.717, 1.165) is 18.4 Å². The van der Waals surface area contributed by atoms with Crippen molar-refractivity contribution in [1.29, 1.82) is 0 Å². The summed E-state index contributed by atoms with van der Waals surface area (Å²) >= 11 is 0. The molecule has 0 amide bonds. The molecule has 0 bridgehead atoms. The lowest BCUT2D eigenvalue weighted by Gasteiger charge is -2.33. The van der Waals surface area contributed by atoms with Crippen LogP contribution in [0.2, 0.25) is 0 Å². The van der Waals surface area contributed by atoms with Gasteiger partial charge in [0.05, 0.1) is 0 Å². The first-order valence-electron chi connectivity index (χ1n) is 8.67. The molecule has 27 heavy (non-hydrogen) atoms. The molecule has 4 rings (SSSR count). The number of hydrogen-bond donors (Lipinski definition) is 1. The molecule has 0 atom stereocenters. The molecule has 9 heteroatoms. The maximum atomic E-state index is 13.0. The maximum Gasteiger partial charge on any atom is 0.453 e. The highest BCUT2D eigenvalue weighted by Gasteiger charge is 2.37. The Balaban J connectivity index is 1.60. The molecule has 1 aliphatic rings. The van der Waals surface area contributed by atoms with E-state index in [-0.39, 0.29) is 11.5 Å². The van der Waals surface area contributed by atoms with Gasteiger partial charge in [-0.25, -0.2) is 4.98 Å². The normalized spacial score (nSPS) is 16.2. The van der Waals surface area contributed by atoms with Gasteiger partial charge in [-0.05, 0) is 43.4 Å². The number of phenols is 1. The van der Waals surface area contributed by atoms with Crippen LogP contribution in [0.15, 0.2) is 30.3 Å². The number of aryl methyl sites for hydroxylation is 1. The number of hydrogen-bond acceptors (Lipinski definition) is 5. The van der Waals surface area contributed by atoms with Gasteiger partial charge in [0.15, 0.2) is 0 Å². The number of aromatic nitrogens is 4. The predicted molar refractivity (Wildman–Crippen MR) is 92.8 cm³/mol. The van der Waals surface area contributed by atoms with Gasteiger partial charge in [-0.3, -0.25) is 0 Å². The Morgan fingerprint density at radius 3 is 2.37 bits per heavy atom. The van der Waals surface area contributed by atoms with Crippen molar-refractivity contribution in [3.63, 3.8) is 0 Å². The number of nitrogens with zero attached hydrogens (tertiary/aromatic N) is 5. The van der Waals surface area contributed by atoms with Crippen LogP contribution < -0.4 is 4.90 Å². The molecule has 3 heterocycles. The van der Waals surface area contributed by atoms with Gasteiger partial charge in [-0.15, -0.1) is 5.10 Å². The number of aromatic hydroxyl groups is 1. The fourth-order valence-electron chi connectivity index (χ4n) is 3.50. The standard InChI is InChI=1S/C18H18F3N5O/c1-11-10-15(26-17(22-11)23-16(24-26)18(19,20)21)25-8-6-13(7-9-25)12-2-4-14(27)5-3-12/h2-5,10,13,27H,6-9H2,1H3. The second-order valence-electron chi connectivity index (χ2n) is 6.75. The summed E-state index contributed by atoms with van der Waals surface area (Å²) in [6.45, 7) is 3.10. The summed E-state index contributed by atoms with van der Waals surface area (Å²) in [5.41, 5.74) is 1.75. The van der Waals surface area contributed by atoms with E-state index in [1.54, 1.807) is 25.1 Å². The van der Waals surface area contributed by atoms with E-state index < -0.39 is 12.0 Å². The van der Waals surface area contributed by atoms with Crippen molar-refractivity contribution in [2.45, 2.75) is 31.9 Å². The summed E-state index contributed by atoms with van der Waals surface area (Å²) in [4.78, 5) is 9.63. The van der Waals surface area contributed by atoms with Gasteiger partial charge >= 0.3 is 6.18 Å². The van der Waals surface area contributed by atoms with Crippen molar-refractivity contribution in [2.24, 2.45) is 0 Å². The molecule has 1 aliphatic heterocycles. The van der Waals surface area contributed by atoms with Crippen LogP contribution >= 0.6 is 0 Å². The largest absolute Gasteiger partial charge is 0.508 e. The highest BCUT2D eigenvalue weighted by molar-refractivity contribution is 5.48. The third-order valence-electron chi connectivity index (χ3n) is 4.86. The van der Waals surface area contributed by atoms with Gasteiger partial charge in [0, 0.05) is 24.8 Å². The smallest absolute Gasteiger partial charge is 0.453 e. The van der Waals surface area contributed by atoms with Crippen LogP contribution in [0.5, 0.6) is 5.75 Å². The minimum Gasteiger partial charge on any atom is -0.508 e. The Morgan fingerprint density at radius 2 is 1.74 bits per heavy atom. The topological polar surface area (TPSA) is 66.5 Å². The summed E-state index contributed by atoms with van der Waals surface area (Å²) in [6.07, 6.45) is -2.90. The number of rotatable bonds is 2. The fraction of sp³-hybridized carbons (Fsp3) is 0.389. The Morgan fingerprint density at radius 1 is 1.07 bits per heavy atom. The third-order valence-corrected chi connectivity index (χ3v) is 4.86. The molecule has 0 aliphatic carbocycles. The number of phenolic OH excluding ortho intramolecular Hbond substituents is 1. The molecular formula is C18H18F3N5O. The summed E-state index contributed by atoms with van der Waals surface area (Å²) < 4.78 is 40.1. The van der Waals surface area contributed by atoms with Crippen LogP contribution in [0.3, 0.4) is 0 Å². The molecule has 0 unspecified atom stereocenters. The van der Waals surface area contributed by atoms with Gasteiger partial charge < -0.3 is 10.0 Å². The number of benzene rings is 1. The van der Waals surface area contributed by atoms with Crippen LogP contribution in [-0.2, 0) is 6.18 Å². The highest BCUT2D eigenvalue weighted by Crippen LogP contribution is 2.32. The van der Waals surface area contributed by atoms with E-state index in [4.69, 9.17) is 0 Å². The van der Waals surface area contributed by atoms with Crippen molar-refractivity contribution in [1.82, 2.24) is 19.6 Å². The molecule has 3 aromatic rings. The van der Waals surface area contributed by atoms with Crippen LogP contribution in [-0.4, -0.2) is 37.8 Å². The third kappa shape index (κ3) is 3.41. The highest BCUT2D eigenvalue weighted by atomic mass is 19.4. The first-order chi connectivity index (χ1) is 12.8. The zero-order valence-corrected chi connectivity index (χ0v) is 14.6. The van der Waals surface area contributed by atoms with Crippen molar-refractivity contribution in [2.75, 3.05) is 18.0 Å². The van der Waals surface area contributed by atoms with Crippen LogP contribution in [0.25, 0.3) is 5.78 Å². The van der Waals surface area contributed by atoms with E-state index in [1.807, 2.05) is 17.0 Å². The first-order valence-corrected chi connectivity index (χ1v) is 8.67. The fourth-order valence-corrected chi connectivity index (χ4v) is 3.50. The maximum absolute atomic E-state index is 13.0. The number of piperidine rings is 1. The molecule has 1 aromatic carbocycles. The number of alkyl halides is 3. The first kappa shape index (κ1) is 17.6. The number of anilines is 1. The Kier molecular flexibility index (Phi) is 4.16. The van der Waals surface area contributed by atoms with E-state index in [2.05, 4.69) is 15.1 Å². The molecular weight excluding hydrogens is 359 g/mol. The van der Waals surface area contributed by atoms with Gasteiger partial charge in [0.1, 0.15) is 11.6 Å². The van der Waals surface area contributed by atoms with Gasteiger partial charge in [0.25, 0.3) is 11.6 Å². The number of fused-ring (bicyclic) bond motifs is 1. The number of halogens is 3. The van der Waals surface area contributed by atoms with Gasteiger partial charge in [0.2, 0.25) is 0 Å². The summed E-state index contributed by atoms with van der Waals surface area (Å²) in [7, 11) is 0. The average Bonchev–Trinajstić information content (AvgIpc) is 3.06. The average molecular weight is 377 g/mol.